The van der Waals surface area contributed by atoms with Crippen LogP contribution in [-0.2, 0) is 4.79 Å². The number of nitrogens with one attached hydrogen (secondary N) is 2. The van der Waals surface area contributed by atoms with E-state index in [0.29, 0.717) is 22.7 Å². The highest BCUT2D eigenvalue weighted by Gasteiger charge is 2.09. The van der Waals surface area contributed by atoms with Gasteiger partial charge in [-0.3, -0.25) is 9.59 Å². The average molecular weight is 375 g/mol. The van der Waals surface area contributed by atoms with Gasteiger partial charge in [-0.15, -0.1) is 0 Å². The van der Waals surface area contributed by atoms with Crippen molar-refractivity contribution in [3.63, 3.8) is 0 Å². The molecule has 6 heteroatoms. The SMILES string of the molecule is COc1ccccc1NC(=O)C/C(C)=N\NC(=O)c1ccc2ccccc2c1. The van der Waals surface area contributed by atoms with Gasteiger partial charge in [-0.25, -0.2) is 5.43 Å². The van der Waals surface area contributed by atoms with Gasteiger partial charge < -0.3 is 10.1 Å². The first kappa shape index (κ1) is 19.1. The van der Waals surface area contributed by atoms with E-state index in [0.717, 1.165) is 10.8 Å². The molecule has 0 saturated heterocycles. The first-order valence-corrected chi connectivity index (χ1v) is 8.82. The van der Waals surface area contributed by atoms with Gasteiger partial charge >= 0.3 is 0 Å². The Kier molecular flexibility index (Phi) is 6.01. The molecule has 3 aromatic carbocycles. The fourth-order valence-electron chi connectivity index (χ4n) is 2.76. The van der Waals surface area contributed by atoms with Crippen molar-refractivity contribution in [1.82, 2.24) is 5.43 Å². The van der Waals surface area contributed by atoms with Crippen LogP contribution in [0.4, 0.5) is 5.69 Å². The van der Waals surface area contributed by atoms with Crippen molar-refractivity contribution in [1.29, 1.82) is 0 Å². The molecule has 6 nitrogen and oxygen atoms in total. The van der Waals surface area contributed by atoms with Gasteiger partial charge in [-0.05, 0) is 42.0 Å². The number of hydrogen-bond donors (Lipinski definition) is 2. The van der Waals surface area contributed by atoms with Crippen molar-refractivity contribution in [2.75, 3.05) is 12.4 Å². The Hall–Kier alpha value is -3.67. The topological polar surface area (TPSA) is 79.8 Å². The number of nitrogens with zero attached hydrogens (tertiary/aromatic N) is 1. The Labute approximate surface area is 163 Å². The number of para-hydroxylation sites is 2. The van der Waals surface area contributed by atoms with Crippen LogP contribution < -0.4 is 15.5 Å². The average Bonchev–Trinajstić information content (AvgIpc) is 2.72. The second-order valence-corrected chi connectivity index (χ2v) is 6.28. The zero-order valence-electron chi connectivity index (χ0n) is 15.7. The summed E-state index contributed by atoms with van der Waals surface area (Å²) in [5.41, 5.74) is 4.08. The van der Waals surface area contributed by atoms with E-state index in [-0.39, 0.29) is 18.2 Å². The predicted molar refractivity (Wildman–Crippen MR) is 111 cm³/mol. The van der Waals surface area contributed by atoms with Crippen molar-refractivity contribution in [3.8, 4) is 5.75 Å². The first-order valence-electron chi connectivity index (χ1n) is 8.82. The van der Waals surface area contributed by atoms with Crippen molar-refractivity contribution in [2.45, 2.75) is 13.3 Å². The van der Waals surface area contributed by atoms with Crippen LogP contribution in [-0.4, -0.2) is 24.6 Å². The molecule has 0 spiro atoms. The third kappa shape index (κ3) is 4.73. The summed E-state index contributed by atoms with van der Waals surface area (Å²) in [6, 6.07) is 20.4. The van der Waals surface area contributed by atoms with Gasteiger partial charge in [0, 0.05) is 11.3 Å². The molecular formula is C22H21N3O3. The minimum Gasteiger partial charge on any atom is -0.495 e. The molecule has 0 atom stereocenters. The van der Waals surface area contributed by atoms with Crippen LogP contribution >= 0.6 is 0 Å². The number of methoxy groups -OCH3 is 1. The van der Waals surface area contributed by atoms with Crippen LogP contribution in [0.1, 0.15) is 23.7 Å². The molecule has 0 aliphatic heterocycles. The van der Waals surface area contributed by atoms with Gasteiger partial charge in [0.15, 0.2) is 0 Å². The molecule has 0 aromatic heterocycles. The molecule has 3 aromatic rings. The fourth-order valence-corrected chi connectivity index (χ4v) is 2.76. The molecular weight excluding hydrogens is 354 g/mol. The molecule has 3 rings (SSSR count). The minimum absolute atomic E-state index is 0.0516. The molecule has 0 aliphatic carbocycles. The third-order valence-electron chi connectivity index (χ3n) is 4.16. The molecule has 2 amide bonds. The summed E-state index contributed by atoms with van der Waals surface area (Å²) in [5.74, 6) is 0.0102. The number of carbonyl (C=O) groups is 2. The Morgan fingerprint density at radius 2 is 1.68 bits per heavy atom. The van der Waals surface area contributed by atoms with E-state index >= 15 is 0 Å². The van der Waals surface area contributed by atoms with Crippen molar-refractivity contribution < 1.29 is 14.3 Å². The largest absolute Gasteiger partial charge is 0.495 e. The summed E-state index contributed by atoms with van der Waals surface area (Å²) in [4.78, 5) is 24.5. The van der Waals surface area contributed by atoms with Gasteiger partial charge in [0.2, 0.25) is 5.91 Å². The molecule has 28 heavy (non-hydrogen) atoms. The van der Waals surface area contributed by atoms with Gasteiger partial charge in [0.05, 0.1) is 19.2 Å². The molecule has 0 heterocycles. The number of ether oxygens (including phenoxy) is 1. The number of fused-ring (bicyclic) bond motifs is 1. The van der Waals surface area contributed by atoms with E-state index in [1.165, 1.54) is 0 Å². The molecule has 0 aliphatic rings. The van der Waals surface area contributed by atoms with Crippen LogP contribution in [0.5, 0.6) is 5.75 Å². The standard InChI is InChI=1S/C22H21N3O3/c1-15(13-21(26)23-19-9-5-6-10-20(19)28-2)24-25-22(27)18-12-11-16-7-3-4-8-17(16)14-18/h3-12,14H,13H2,1-2H3,(H,23,26)(H,25,27)/b24-15-. The predicted octanol–water partition coefficient (Wildman–Crippen LogP) is 3.98. The van der Waals surface area contributed by atoms with E-state index in [4.69, 9.17) is 4.74 Å². The zero-order chi connectivity index (χ0) is 19.9. The van der Waals surface area contributed by atoms with Crippen LogP contribution in [0.25, 0.3) is 10.8 Å². The summed E-state index contributed by atoms with van der Waals surface area (Å²) in [5, 5.41) is 8.84. The number of anilines is 1. The lowest BCUT2D eigenvalue weighted by atomic mass is 10.1. The molecule has 0 radical (unpaired) electrons. The maximum atomic E-state index is 12.3. The van der Waals surface area contributed by atoms with Gasteiger partial charge in [-0.1, -0.05) is 42.5 Å². The second kappa shape index (κ2) is 8.81. The Morgan fingerprint density at radius 1 is 0.964 bits per heavy atom. The van der Waals surface area contributed by atoms with E-state index in [1.807, 2.05) is 48.5 Å². The zero-order valence-corrected chi connectivity index (χ0v) is 15.7. The molecule has 0 fully saturated rings. The lowest BCUT2D eigenvalue weighted by molar-refractivity contribution is -0.115. The highest BCUT2D eigenvalue weighted by atomic mass is 16.5. The Bertz CT molecular complexity index is 1040. The normalized spacial score (nSPS) is 11.1. The minimum atomic E-state index is -0.324. The highest BCUT2D eigenvalue weighted by Crippen LogP contribution is 2.23. The fraction of sp³-hybridized carbons (Fsp3) is 0.136. The summed E-state index contributed by atoms with van der Waals surface area (Å²) in [6.45, 7) is 1.68. The monoisotopic (exact) mass is 375 g/mol. The summed E-state index contributed by atoms with van der Waals surface area (Å²) in [6.07, 6.45) is 0.0516. The number of benzene rings is 3. The van der Waals surface area contributed by atoms with E-state index in [9.17, 15) is 9.59 Å². The van der Waals surface area contributed by atoms with E-state index in [2.05, 4.69) is 15.8 Å². The molecule has 0 bridgehead atoms. The Balaban J connectivity index is 1.59. The van der Waals surface area contributed by atoms with Crippen molar-refractivity contribution in [2.24, 2.45) is 5.10 Å². The quantitative estimate of drug-likeness (QED) is 0.505. The van der Waals surface area contributed by atoms with Crippen molar-refractivity contribution >= 4 is 34.0 Å². The van der Waals surface area contributed by atoms with Gasteiger partial charge in [0.1, 0.15) is 5.75 Å². The summed E-state index contributed by atoms with van der Waals surface area (Å²) in [7, 11) is 1.54. The van der Waals surface area contributed by atoms with Crippen LogP contribution in [0, 0.1) is 0 Å². The Morgan fingerprint density at radius 3 is 2.46 bits per heavy atom. The third-order valence-corrected chi connectivity index (χ3v) is 4.16. The molecule has 0 unspecified atom stereocenters. The second-order valence-electron chi connectivity index (χ2n) is 6.28. The number of rotatable bonds is 6. The lowest BCUT2D eigenvalue weighted by Crippen LogP contribution is -2.21. The summed E-state index contributed by atoms with van der Waals surface area (Å²) < 4.78 is 5.21. The number of hydrogen-bond acceptors (Lipinski definition) is 4. The highest BCUT2D eigenvalue weighted by molar-refractivity contribution is 6.06. The van der Waals surface area contributed by atoms with E-state index in [1.54, 1.807) is 32.2 Å². The van der Waals surface area contributed by atoms with Crippen molar-refractivity contribution in [3.05, 3.63) is 72.3 Å². The van der Waals surface area contributed by atoms with Crippen LogP contribution in [0.15, 0.2) is 71.8 Å². The summed E-state index contributed by atoms with van der Waals surface area (Å²) >= 11 is 0. The molecule has 2 N–H and O–H groups in total. The van der Waals surface area contributed by atoms with Gasteiger partial charge in [0.25, 0.3) is 5.91 Å². The van der Waals surface area contributed by atoms with Crippen LogP contribution in [0.2, 0.25) is 0 Å². The molecule has 0 saturated carbocycles. The lowest BCUT2D eigenvalue weighted by Gasteiger charge is -2.09. The number of carbonyl (C=O) groups excluding carboxylic acids is 2. The van der Waals surface area contributed by atoms with Crippen LogP contribution in [0.3, 0.4) is 0 Å². The smallest absolute Gasteiger partial charge is 0.271 e. The number of hydrazone groups is 1. The van der Waals surface area contributed by atoms with E-state index < -0.39 is 0 Å². The first-order chi connectivity index (χ1) is 13.6. The maximum absolute atomic E-state index is 12.3. The molecule has 142 valence electrons. The number of amides is 2. The maximum Gasteiger partial charge on any atom is 0.271 e. The van der Waals surface area contributed by atoms with Gasteiger partial charge in [-0.2, -0.15) is 5.10 Å².